The van der Waals surface area contributed by atoms with E-state index in [0.717, 1.165) is 30.2 Å². The summed E-state index contributed by atoms with van der Waals surface area (Å²) in [6.45, 7) is 0.365. The summed E-state index contributed by atoms with van der Waals surface area (Å²) in [5, 5.41) is 9.30. The summed E-state index contributed by atoms with van der Waals surface area (Å²) in [4.78, 5) is 14.7. The number of methoxy groups -OCH3 is 1. The van der Waals surface area contributed by atoms with E-state index in [1.807, 2.05) is 11.0 Å². The van der Waals surface area contributed by atoms with Crippen molar-refractivity contribution in [2.75, 3.05) is 20.3 Å². The van der Waals surface area contributed by atoms with Crippen LogP contribution >= 0.6 is 15.9 Å². The van der Waals surface area contributed by atoms with Crippen molar-refractivity contribution in [2.24, 2.45) is 0 Å². The number of rotatable bonds is 5. The second-order valence-corrected chi connectivity index (χ2v) is 6.27. The van der Waals surface area contributed by atoms with Gasteiger partial charge in [0.2, 0.25) is 0 Å². The lowest BCUT2D eigenvalue weighted by Gasteiger charge is -2.34. The van der Waals surface area contributed by atoms with Crippen LogP contribution in [0, 0.1) is 0 Å². The number of aliphatic hydroxyl groups excluding tert-OH is 1. The normalized spacial score (nSPS) is 15.8. The number of ether oxygens (including phenoxy) is 1. The van der Waals surface area contributed by atoms with E-state index in [2.05, 4.69) is 15.9 Å². The monoisotopic (exact) mass is 355 g/mol. The topological polar surface area (TPSA) is 49.8 Å². The molecular weight excluding hydrogens is 334 g/mol. The van der Waals surface area contributed by atoms with E-state index < -0.39 is 0 Å². The number of aliphatic hydroxyl groups is 1. The minimum absolute atomic E-state index is 0.0128. The number of nitrogens with zero attached hydrogens (tertiary/aromatic N) is 1. The molecule has 1 aromatic carbocycles. The molecule has 21 heavy (non-hydrogen) atoms. The van der Waals surface area contributed by atoms with E-state index in [9.17, 15) is 9.90 Å². The van der Waals surface area contributed by atoms with Crippen molar-refractivity contribution in [1.82, 2.24) is 4.90 Å². The molecule has 0 radical (unpaired) electrons. The average molecular weight is 356 g/mol. The third kappa shape index (κ3) is 3.98. The van der Waals surface area contributed by atoms with Gasteiger partial charge in [-0.1, -0.05) is 35.2 Å². The van der Waals surface area contributed by atoms with E-state index in [0.29, 0.717) is 17.9 Å². The van der Waals surface area contributed by atoms with Crippen LogP contribution in [-0.4, -0.2) is 42.2 Å². The Bertz CT molecular complexity index is 486. The maximum atomic E-state index is 12.8. The fraction of sp³-hybridized carbons (Fsp3) is 0.562. The van der Waals surface area contributed by atoms with Crippen molar-refractivity contribution in [3.05, 3.63) is 28.2 Å². The van der Waals surface area contributed by atoms with Crippen LogP contribution in [0.15, 0.2) is 22.7 Å². The van der Waals surface area contributed by atoms with Gasteiger partial charge < -0.3 is 14.7 Å². The lowest BCUT2D eigenvalue weighted by atomic mass is 9.93. The van der Waals surface area contributed by atoms with Gasteiger partial charge in [0.1, 0.15) is 5.75 Å². The molecule has 1 aliphatic rings. The Labute approximate surface area is 134 Å². The summed E-state index contributed by atoms with van der Waals surface area (Å²) < 4.78 is 6.20. The smallest absolute Gasteiger partial charge is 0.257 e. The van der Waals surface area contributed by atoms with E-state index in [4.69, 9.17) is 4.74 Å². The Hall–Kier alpha value is -1.07. The van der Waals surface area contributed by atoms with E-state index in [1.165, 1.54) is 6.42 Å². The molecule has 0 saturated heterocycles. The van der Waals surface area contributed by atoms with Gasteiger partial charge in [-0.05, 0) is 31.0 Å². The molecule has 0 atom stereocenters. The number of amides is 1. The highest BCUT2D eigenvalue weighted by Gasteiger charge is 2.27. The van der Waals surface area contributed by atoms with Crippen molar-refractivity contribution in [2.45, 2.75) is 38.1 Å². The molecule has 0 aromatic heterocycles. The minimum atomic E-state index is -0.0553. The highest BCUT2D eigenvalue weighted by Crippen LogP contribution is 2.28. The van der Waals surface area contributed by atoms with Gasteiger partial charge in [0, 0.05) is 17.1 Å². The quantitative estimate of drug-likeness (QED) is 0.881. The molecule has 0 heterocycles. The molecule has 1 saturated carbocycles. The molecule has 0 aliphatic heterocycles. The van der Waals surface area contributed by atoms with Crippen LogP contribution in [-0.2, 0) is 0 Å². The van der Waals surface area contributed by atoms with Gasteiger partial charge in [0.05, 0.1) is 19.3 Å². The van der Waals surface area contributed by atoms with E-state index in [1.54, 1.807) is 19.2 Å². The molecule has 1 amide bonds. The van der Waals surface area contributed by atoms with Crippen molar-refractivity contribution in [1.29, 1.82) is 0 Å². The Kier molecular flexibility index (Phi) is 6.06. The molecule has 116 valence electrons. The third-order valence-corrected chi connectivity index (χ3v) is 4.50. The summed E-state index contributed by atoms with van der Waals surface area (Å²) in [6, 6.07) is 5.64. The van der Waals surface area contributed by atoms with Crippen LogP contribution in [0.25, 0.3) is 0 Å². The molecule has 1 N–H and O–H groups in total. The molecule has 0 bridgehead atoms. The zero-order chi connectivity index (χ0) is 15.2. The number of hydrogen-bond acceptors (Lipinski definition) is 3. The number of carbonyl (C=O) groups is 1. The maximum Gasteiger partial charge on any atom is 0.257 e. The first-order valence-electron chi connectivity index (χ1n) is 7.42. The van der Waals surface area contributed by atoms with E-state index in [-0.39, 0.29) is 18.6 Å². The van der Waals surface area contributed by atoms with Gasteiger partial charge in [0.15, 0.2) is 0 Å². The van der Waals surface area contributed by atoms with Crippen molar-refractivity contribution >= 4 is 21.8 Å². The second kappa shape index (κ2) is 7.80. The minimum Gasteiger partial charge on any atom is -0.496 e. The molecule has 4 nitrogen and oxygen atoms in total. The van der Waals surface area contributed by atoms with Crippen LogP contribution in [0.2, 0.25) is 0 Å². The lowest BCUT2D eigenvalue weighted by molar-refractivity contribution is 0.0582. The summed E-state index contributed by atoms with van der Waals surface area (Å²) in [7, 11) is 1.57. The van der Waals surface area contributed by atoms with Crippen LogP contribution in [0.5, 0.6) is 5.75 Å². The molecule has 0 unspecified atom stereocenters. The van der Waals surface area contributed by atoms with Gasteiger partial charge >= 0.3 is 0 Å². The molecule has 2 rings (SSSR count). The molecule has 5 heteroatoms. The maximum absolute atomic E-state index is 12.8. The predicted molar refractivity (Wildman–Crippen MR) is 85.7 cm³/mol. The first kappa shape index (κ1) is 16.3. The second-order valence-electron chi connectivity index (χ2n) is 5.36. The lowest BCUT2D eigenvalue weighted by Crippen LogP contribution is -2.43. The molecule has 1 fully saturated rings. The van der Waals surface area contributed by atoms with Gasteiger partial charge in [-0.15, -0.1) is 0 Å². The van der Waals surface area contributed by atoms with Crippen LogP contribution in [0.4, 0.5) is 0 Å². The predicted octanol–water partition coefficient (Wildman–Crippen LogP) is 3.22. The zero-order valence-electron chi connectivity index (χ0n) is 12.3. The fourth-order valence-corrected chi connectivity index (χ4v) is 3.29. The Morgan fingerprint density at radius 3 is 2.71 bits per heavy atom. The highest BCUT2D eigenvalue weighted by atomic mass is 79.9. The molecule has 1 aromatic rings. The van der Waals surface area contributed by atoms with Crippen molar-refractivity contribution in [3.8, 4) is 5.75 Å². The summed E-state index contributed by atoms with van der Waals surface area (Å²) in [6.07, 6.45) is 5.57. The fourth-order valence-electron chi connectivity index (χ4n) is 2.95. The summed E-state index contributed by atoms with van der Waals surface area (Å²) in [5.74, 6) is 0.508. The third-order valence-electron chi connectivity index (χ3n) is 4.01. The average Bonchev–Trinajstić information content (AvgIpc) is 2.52. The number of halogens is 1. The highest BCUT2D eigenvalue weighted by molar-refractivity contribution is 9.10. The number of benzene rings is 1. The number of hydrogen-bond donors (Lipinski definition) is 1. The zero-order valence-corrected chi connectivity index (χ0v) is 13.9. The number of carbonyl (C=O) groups excluding carboxylic acids is 1. The molecule has 0 spiro atoms. The van der Waals surface area contributed by atoms with Gasteiger partial charge in [-0.25, -0.2) is 0 Å². The van der Waals surface area contributed by atoms with Gasteiger partial charge in [0.25, 0.3) is 5.91 Å². The largest absolute Gasteiger partial charge is 0.496 e. The Morgan fingerprint density at radius 1 is 1.38 bits per heavy atom. The van der Waals surface area contributed by atoms with Crippen LogP contribution < -0.4 is 4.74 Å². The summed E-state index contributed by atoms with van der Waals surface area (Å²) in [5.41, 5.74) is 0.555. The first-order chi connectivity index (χ1) is 10.2. The molecule has 1 aliphatic carbocycles. The van der Waals surface area contributed by atoms with E-state index >= 15 is 0 Å². The van der Waals surface area contributed by atoms with Crippen molar-refractivity contribution < 1.29 is 14.6 Å². The SMILES string of the molecule is COc1cc(Br)ccc1C(=O)N(CCO)C1CCCCC1. The standard InChI is InChI=1S/C16H22BrNO3/c1-21-15-11-12(17)7-8-14(15)16(20)18(9-10-19)13-5-3-2-4-6-13/h7-8,11,13,19H,2-6,9-10H2,1H3. The van der Waals surface area contributed by atoms with Crippen LogP contribution in [0.3, 0.4) is 0 Å². The van der Waals surface area contributed by atoms with Crippen molar-refractivity contribution in [3.63, 3.8) is 0 Å². The van der Waals surface area contributed by atoms with Crippen LogP contribution in [0.1, 0.15) is 42.5 Å². The first-order valence-corrected chi connectivity index (χ1v) is 8.22. The molecular formula is C16H22BrNO3. The Balaban J connectivity index is 2.25. The van der Waals surface area contributed by atoms with Gasteiger partial charge in [-0.3, -0.25) is 4.79 Å². The van der Waals surface area contributed by atoms with Gasteiger partial charge in [-0.2, -0.15) is 0 Å². The Morgan fingerprint density at radius 2 is 2.10 bits per heavy atom. The summed E-state index contributed by atoms with van der Waals surface area (Å²) >= 11 is 3.39.